The van der Waals surface area contributed by atoms with E-state index in [9.17, 15) is 9.90 Å². The Balaban J connectivity index is 0.000000351. The SMILES string of the molecule is O=C(C#Cc1c(O)ccc2ccccc12)[c-]1cccc1.[Fe].[cH-]1[cH-][cH-][cH-][cH-]1. The zero-order valence-corrected chi connectivity index (χ0v) is 15.0. The summed E-state index contributed by atoms with van der Waals surface area (Å²) in [5.74, 6) is 5.22. The second-order valence-electron chi connectivity index (χ2n) is 5.40. The molecule has 0 unspecified atom stereocenters. The molecule has 0 aliphatic carbocycles. The van der Waals surface area contributed by atoms with Crippen molar-refractivity contribution >= 4 is 16.6 Å². The van der Waals surface area contributed by atoms with Gasteiger partial charge < -0.3 is 40.2 Å². The normalized spacial score (nSPS) is 9.23. The molecule has 0 saturated heterocycles. The minimum absolute atomic E-state index is 0. The van der Waals surface area contributed by atoms with Crippen molar-refractivity contribution in [2.45, 2.75) is 0 Å². The maximum Gasteiger partial charge on any atom is 0.146 e. The fourth-order valence-corrected chi connectivity index (χ4v) is 2.43. The number of carbonyl (C=O) groups excluding carboxylic acids is 1. The molecule has 0 aliphatic heterocycles. The minimum Gasteiger partial charge on any atom is -0.748 e. The summed E-state index contributed by atoms with van der Waals surface area (Å²) in [6.07, 6.45) is 0. The molecule has 4 rings (SSSR count). The second-order valence-corrected chi connectivity index (χ2v) is 5.40. The quantitative estimate of drug-likeness (QED) is 0.221. The van der Waals surface area contributed by atoms with E-state index in [2.05, 4.69) is 11.8 Å². The van der Waals surface area contributed by atoms with Crippen LogP contribution in [0.5, 0.6) is 5.75 Å². The summed E-state index contributed by atoms with van der Waals surface area (Å²) in [4.78, 5) is 11.9. The Morgan fingerprint density at radius 2 is 1.50 bits per heavy atom. The number of benzene rings is 2. The Labute approximate surface area is 163 Å². The number of hydrogen-bond acceptors (Lipinski definition) is 2. The number of Topliss-reactive ketones (excluding diaryl/α,β-unsaturated/α-hetero) is 1. The van der Waals surface area contributed by atoms with Gasteiger partial charge in [0.15, 0.2) is 0 Å². The fourth-order valence-electron chi connectivity index (χ4n) is 2.43. The van der Waals surface area contributed by atoms with Crippen LogP contribution in [-0.4, -0.2) is 10.9 Å². The molecule has 2 nitrogen and oxygen atoms in total. The van der Waals surface area contributed by atoms with E-state index in [0.717, 1.165) is 10.8 Å². The monoisotopic (exact) mass is 380 g/mol. The van der Waals surface area contributed by atoms with E-state index < -0.39 is 0 Å². The molecule has 134 valence electrons. The van der Waals surface area contributed by atoms with Crippen molar-refractivity contribution in [3.8, 4) is 17.6 Å². The van der Waals surface area contributed by atoms with Gasteiger partial charge in [-0.15, -0.1) is 24.0 Å². The van der Waals surface area contributed by atoms with Crippen molar-refractivity contribution in [1.29, 1.82) is 0 Å². The van der Waals surface area contributed by atoms with Crippen LogP contribution in [0.4, 0.5) is 0 Å². The average molecular weight is 380 g/mol. The third-order valence-corrected chi connectivity index (χ3v) is 3.69. The van der Waals surface area contributed by atoms with Gasteiger partial charge in [-0.1, -0.05) is 35.9 Å². The Morgan fingerprint density at radius 1 is 0.885 bits per heavy atom. The summed E-state index contributed by atoms with van der Waals surface area (Å²) >= 11 is 0. The van der Waals surface area contributed by atoms with Crippen LogP contribution in [0.15, 0.2) is 91.0 Å². The van der Waals surface area contributed by atoms with E-state index >= 15 is 0 Å². The largest absolute Gasteiger partial charge is 0.748 e. The molecule has 0 radical (unpaired) electrons. The van der Waals surface area contributed by atoms with Crippen LogP contribution < -0.4 is 0 Å². The number of aromatic hydroxyl groups is 1. The Kier molecular flexibility index (Phi) is 7.00. The van der Waals surface area contributed by atoms with Crippen molar-refractivity contribution in [3.05, 3.63) is 102 Å². The van der Waals surface area contributed by atoms with Crippen LogP contribution in [0, 0.1) is 11.8 Å². The first-order chi connectivity index (χ1) is 12.3. The van der Waals surface area contributed by atoms with Gasteiger partial charge >= 0.3 is 0 Å². The summed E-state index contributed by atoms with van der Waals surface area (Å²) < 4.78 is 0. The first-order valence-electron chi connectivity index (χ1n) is 7.91. The molecule has 0 saturated carbocycles. The number of phenolic OH excluding ortho intramolecular Hbond substituents is 1. The number of carbonyl (C=O) groups is 1. The molecule has 26 heavy (non-hydrogen) atoms. The Hall–Kier alpha value is -3.05. The number of fused-ring (bicyclic) bond motifs is 1. The van der Waals surface area contributed by atoms with Gasteiger partial charge in [-0.05, 0) is 11.5 Å². The fraction of sp³-hybridized carbons (Fsp3) is 0. The molecule has 0 bridgehead atoms. The van der Waals surface area contributed by atoms with E-state index in [0.29, 0.717) is 11.1 Å². The van der Waals surface area contributed by atoms with E-state index in [1.165, 1.54) is 0 Å². The van der Waals surface area contributed by atoms with Crippen LogP contribution in [-0.2, 0) is 17.1 Å². The average Bonchev–Trinajstić information content (AvgIpc) is 3.36. The van der Waals surface area contributed by atoms with Gasteiger partial charge in [0, 0.05) is 22.5 Å². The van der Waals surface area contributed by atoms with E-state index in [1.807, 2.05) is 60.7 Å². The predicted molar refractivity (Wildman–Crippen MR) is 101 cm³/mol. The summed E-state index contributed by atoms with van der Waals surface area (Å²) in [6.45, 7) is 0. The summed E-state index contributed by atoms with van der Waals surface area (Å²) in [6, 6.07) is 28.1. The predicted octanol–water partition coefficient (Wildman–Crippen LogP) is 4.90. The molecule has 3 heteroatoms. The van der Waals surface area contributed by atoms with Crippen LogP contribution in [0.1, 0.15) is 15.9 Å². The van der Waals surface area contributed by atoms with Gasteiger partial charge in [-0.25, -0.2) is 0 Å². The molecule has 0 amide bonds. The Bertz CT molecular complexity index is 1000. The molecule has 0 aliphatic rings. The van der Waals surface area contributed by atoms with E-state index in [1.54, 1.807) is 30.3 Å². The van der Waals surface area contributed by atoms with Crippen molar-refractivity contribution in [2.24, 2.45) is 0 Å². The van der Waals surface area contributed by atoms with Crippen LogP contribution >= 0.6 is 0 Å². The molecule has 0 aromatic heterocycles. The van der Waals surface area contributed by atoms with Gasteiger partial charge in [-0.3, -0.25) is 0 Å². The van der Waals surface area contributed by atoms with E-state index in [-0.39, 0.29) is 28.6 Å². The zero-order chi connectivity index (χ0) is 17.5. The molecular weight excluding hydrogens is 364 g/mol. The summed E-state index contributed by atoms with van der Waals surface area (Å²) in [5, 5.41) is 11.8. The first-order valence-corrected chi connectivity index (χ1v) is 7.91. The van der Waals surface area contributed by atoms with Gasteiger partial charge in [0.05, 0.1) is 5.56 Å². The van der Waals surface area contributed by atoms with Crippen molar-refractivity contribution in [2.75, 3.05) is 0 Å². The molecule has 1 N–H and O–H groups in total. The summed E-state index contributed by atoms with van der Waals surface area (Å²) in [7, 11) is 0. The van der Waals surface area contributed by atoms with Crippen LogP contribution in [0.25, 0.3) is 10.8 Å². The minimum atomic E-state index is -0.248. The number of hydrogen-bond donors (Lipinski definition) is 1. The number of ketones is 1. The van der Waals surface area contributed by atoms with Crippen molar-refractivity contribution in [1.82, 2.24) is 0 Å². The van der Waals surface area contributed by atoms with Gasteiger partial charge in [0.25, 0.3) is 0 Å². The van der Waals surface area contributed by atoms with Crippen LogP contribution in [0.2, 0.25) is 0 Å². The standard InChI is InChI=1S/C18H11O2.C5H5.Fe/c19-17(14-6-1-2-7-14)12-10-16-15-8-4-3-5-13(15)9-11-18(16)20;1-2-4-5-3-1;/h1-9,11,20H;1-5H;/q-1;-5;. The van der Waals surface area contributed by atoms with Crippen molar-refractivity contribution < 1.29 is 27.0 Å². The molecule has 4 aromatic carbocycles. The second kappa shape index (κ2) is 9.44. The maximum atomic E-state index is 11.9. The number of rotatable bonds is 1. The van der Waals surface area contributed by atoms with Gasteiger partial charge in [0.1, 0.15) is 11.5 Å². The third kappa shape index (κ3) is 4.74. The molecule has 0 heterocycles. The molecule has 0 spiro atoms. The first kappa shape index (κ1) is 19.3. The topological polar surface area (TPSA) is 37.3 Å². The smallest absolute Gasteiger partial charge is 0.146 e. The van der Waals surface area contributed by atoms with Gasteiger partial charge in [0.2, 0.25) is 0 Å². The molecule has 4 aromatic rings. The zero-order valence-electron chi connectivity index (χ0n) is 13.9. The van der Waals surface area contributed by atoms with E-state index in [4.69, 9.17) is 0 Å². The number of phenols is 1. The summed E-state index contributed by atoms with van der Waals surface area (Å²) in [5.41, 5.74) is 1.06. The molecule has 0 atom stereocenters. The van der Waals surface area contributed by atoms with Crippen molar-refractivity contribution in [3.63, 3.8) is 0 Å². The van der Waals surface area contributed by atoms with Gasteiger partial charge in [-0.2, -0.15) is 12.1 Å². The third-order valence-electron chi connectivity index (χ3n) is 3.69. The Morgan fingerprint density at radius 3 is 2.15 bits per heavy atom. The molecule has 0 fully saturated rings. The maximum absolute atomic E-state index is 11.9. The van der Waals surface area contributed by atoms with Crippen LogP contribution in [0.3, 0.4) is 0 Å². The molecular formula is C23H16FeO2-6.